The maximum Gasteiger partial charge on any atom is 0.251 e. The van der Waals surface area contributed by atoms with Gasteiger partial charge >= 0.3 is 0 Å². The molecule has 0 unspecified atom stereocenters. The van der Waals surface area contributed by atoms with E-state index in [0.717, 1.165) is 0 Å². The third-order valence-corrected chi connectivity index (χ3v) is 2.39. The number of carbonyl (C=O) groups is 1. The molecule has 1 aromatic rings. The summed E-state index contributed by atoms with van der Waals surface area (Å²) in [5.74, 6) is -0.171. The Kier molecular flexibility index (Phi) is 5.81. The van der Waals surface area contributed by atoms with E-state index in [4.69, 9.17) is 15.7 Å². The molecule has 6 heteroatoms. The van der Waals surface area contributed by atoms with Crippen molar-refractivity contribution < 1.29 is 14.7 Å². The molecule has 0 aromatic heterocycles. The minimum atomic E-state index is -0.182. The van der Waals surface area contributed by atoms with Gasteiger partial charge in [0.25, 0.3) is 5.91 Å². The molecule has 0 heterocycles. The smallest absolute Gasteiger partial charge is 0.251 e. The lowest BCUT2D eigenvalue weighted by atomic mass is 10.1. The first-order valence-electron chi connectivity index (χ1n) is 6.02. The molecule has 0 aliphatic rings. The predicted molar refractivity (Wildman–Crippen MR) is 72.4 cm³/mol. The van der Waals surface area contributed by atoms with E-state index < -0.39 is 0 Å². The van der Waals surface area contributed by atoms with Crippen LogP contribution < -0.4 is 11.1 Å². The number of amides is 1. The van der Waals surface area contributed by atoms with E-state index in [2.05, 4.69) is 10.5 Å². The van der Waals surface area contributed by atoms with Crippen LogP contribution in [0.1, 0.15) is 29.8 Å². The fraction of sp³-hybridized carbons (Fsp3) is 0.385. The number of nitrogens with two attached hydrogens (primary N) is 1. The second kappa shape index (κ2) is 7.38. The molecule has 0 saturated carbocycles. The van der Waals surface area contributed by atoms with E-state index in [1.807, 2.05) is 13.8 Å². The Morgan fingerprint density at radius 2 is 1.95 bits per heavy atom. The maximum atomic E-state index is 11.8. The average Bonchev–Trinajstić information content (AvgIpc) is 2.42. The number of nitrogens with one attached hydrogen (secondary N) is 1. The summed E-state index contributed by atoms with van der Waals surface area (Å²) < 4.78 is 5.32. The van der Waals surface area contributed by atoms with Gasteiger partial charge in [-0.2, -0.15) is 0 Å². The molecule has 1 rings (SSSR count). The molecule has 1 amide bonds. The van der Waals surface area contributed by atoms with Gasteiger partial charge in [-0.25, -0.2) is 0 Å². The second-order valence-electron chi connectivity index (χ2n) is 4.24. The van der Waals surface area contributed by atoms with Gasteiger partial charge in [-0.15, -0.1) is 0 Å². The van der Waals surface area contributed by atoms with Gasteiger partial charge in [-0.1, -0.05) is 17.3 Å². The fourth-order valence-electron chi connectivity index (χ4n) is 1.41. The molecule has 19 heavy (non-hydrogen) atoms. The van der Waals surface area contributed by atoms with Gasteiger partial charge in [0.2, 0.25) is 0 Å². The zero-order chi connectivity index (χ0) is 14.3. The number of rotatable bonds is 6. The number of hydrogen-bond donors (Lipinski definition) is 3. The summed E-state index contributed by atoms with van der Waals surface area (Å²) >= 11 is 0. The number of nitrogens with zero attached hydrogens (tertiary/aromatic N) is 1. The number of ether oxygens (including phenoxy) is 1. The fourth-order valence-corrected chi connectivity index (χ4v) is 1.41. The first-order chi connectivity index (χ1) is 9.04. The molecule has 0 bridgehead atoms. The Morgan fingerprint density at radius 3 is 2.47 bits per heavy atom. The van der Waals surface area contributed by atoms with Crippen LogP contribution in [0.2, 0.25) is 0 Å². The molecular formula is C13H19N3O3. The van der Waals surface area contributed by atoms with Crippen molar-refractivity contribution in [3.8, 4) is 0 Å². The monoisotopic (exact) mass is 265 g/mol. The summed E-state index contributed by atoms with van der Waals surface area (Å²) in [4.78, 5) is 11.8. The lowest BCUT2D eigenvalue weighted by molar-refractivity contribution is 0.0746. The number of amidine groups is 1. The summed E-state index contributed by atoms with van der Waals surface area (Å²) in [6.45, 7) is 4.81. The molecule has 4 N–H and O–H groups in total. The Balaban J connectivity index is 2.49. The molecule has 0 aliphatic heterocycles. The number of carbonyl (C=O) groups excluding carboxylic acids is 1. The lowest BCUT2D eigenvalue weighted by Crippen LogP contribution is -2.28. The van der Waals surface area contributed by atoms with Crippen molar-refractivity contribution in [2.75, 3.05) is 13.2 Å². The standard InChI is InChI=1S/C13H19N3O3/c1-9(2)19-8-7-15-13(17)11-5-3-10(4-6-11)12(14)16-18/h3-6,9,18H,7-8H2,1-2H3,(H2,14,16)(H,15,17). The van der Waals surface area contributed by atoms with Crippen LogP contribution in [0.3, 0.4) is 0 Å². The third kappa shape index (κ3) is 4.97. The summed E-state index contributed by atoms with van der Waals surface area (Å²) in [5.41, 5.74) is 6.50. The first-order valence-corrected chi connectivity index (χ1v) is 6.02. The van der Waals surface area contributed by atoms with Crippen LogP contribution in [-0.2, 0) is 4.74 Å². The summed E-state index contributed by atoms with van der Waals surface area (Å²) in [6, 6.07) is 6.47. The van der Waals surface area contributed by atoms with Crippen molar-refractivity contribution in [2.45, 2.75) is 20.0 Å². The van der Waals surface area contributed by atoms with Gasteiger partial charge in [-0.05, 0) is 26.0 Å². The lowest BCUT2D eigenvalue weighted by Gasteiger charge is -2.09. The topological polar surface area (TPSA) is 96.9 Å². The van der Waals surface area contributed by atoms with Crippen LogP contribution in [0.15, 0.2) is 29.4 Å². The van der Waals surface area contributed by atoms with Gasteiger partial charge in [0.1, 0.15) is 0 Å². The molecule has 0 saturated heterocycles. The SMILES string of the molecule is CC(C)OCCNC(=O)c1ccc(/C(N)=N/O)cc1. The number of hydrogen-bond acceptors (Lipinski definition) is 4. The van der Waals surface area contributed by atoms with E-state index in [0.29, 0.717) is 24.3 Å². The molecule has 1 aromatic carbocycles. The molecule has 0 fully saturated rings. The minimum Gasteiger partial charge on any atom is -0.409 e. The van der Waals surface area contributed by atoms with Crippen LogP contribution in [0.25, 0.3) is 0 Å². The molecule has 0 atom stereocenters. The van der Waals surface area contributed by atoms with E-state index in [1.165, 1.54) is 0 Å². The highest BCUT2D eigenvalue weighted by Gasteiger charge is 2.06. The zero-order valence-electron chi connectivity index (χ0n) is 11.1. The van der Waals surface area contributed by atoms with Crippen LogP contribution in [0.4, 0.5) is 0 Å². The summed E-state index contributed by atoms with van der Waals surface area (Å²) in [7, 11) is 0. The highest BCUT2D eigenvalue weighted by atomic mass is 16.5. The minimum absolute atomic E-state index is 0.0114. The van der Waals surface area contributed by atoms with Crippen molar-refractivity contribution in [3.63, 3.8) is 0 Å². The molecule has 0 spiro atoms. The van der Waals surface area contributed by atoms with E-state index in [9.17, 15) is 4.79 Å². The predicted octanol–water partition coefficient (Wildman–Crippen LogP) is 0.936. The summed E-state index contributed by atoms with van der Waals surface area (Å²) in [6.07, 6.45) is 0.150. The maximum absolute atomic E-state index is 11.8. The van der Waals surface area contributed by atoms with Crippen LogP contribution in [0.5, 0.6) is 0 Å². The molecular weight excluding hydrogens is 246 g/mol. The third-order valence-electron chi connectivity index (χ3n) is 2.39. The highest BCUT2D eigenvalue weighted by molar-refractivity contribution is 5.99. The number of benzene rings is 1. The van der Waals surface area contributed by atoms with Crippen molar-refractivity contribution in [1.29, 1.82) is 0 Å². The average molecular weight is 265 g/mol. The van der Waals surface area contributed by atoms with Crippen LogP contribution in [-0.4, -0.2) is 36.2 Å². The molecule has 0 radical (unpaired) electrons. The van der Waals surface area contributed by atoms with Gasteiger partial charge in [0.15, 0.2) is 5.84 Å². The molecule has 104 valence electrons. The number of oxime groups is 1. The van der Waals surface area contributed by atoms with E-state index in [-0.39, 0.29) is 17.8 Å². The van der Waals surface area contributed by atoms with Crippen molar-refractivity contribution in [2.24, 2.45) is 10.9 Å². The Hall–Kier alpha value is -2.08. The second-order valence-corrected chi connectivity index (χ2v) is 4.24. The van der Waals surface area contributed by atoms with Crippen molar-refractivity contribution in [1.82, 2.24) is 5.32 Å². The Morgan fingerprint density at radius 1 is 1.37 bits per heavy atom. The quantitative estimate of drug-likeness (QED) is 0.234. The molecule has 6 nitrogen and oxygen atoms in total. The van der Waals surface area contributed by atoms with Crippen LogP contribution >= 0.6 is 0 Å². The normalized spacial score (nSPS) is 11.6. The van der Waals surface area contributed by atoms with Gasteiger partial charge in [-0.3, -0.25) is 4.79 Å². The van der Waals surface area contributed by atoms with E-state index in [1.54, 1.807) is 24.3 Å². The largest absolute Gasteiger partial charge is 0.409 e. The summed E-state index contributed by atoms with van der Waals surface area (Å²) in [5, 5.41) is 14.2. The van der Waals surface area contributed by atoms with Gasteiger partial charge in [0.05, 0.1) is 12.7 Å². The zero-order valence-corrected chi connectivity index (χ0v) is 11.1. The van der Waals surface area contributed by atoms with Crippen molar-refractivity contribution in [3.05, 3.63) is 35.4 Å². The molecule has 0 aliphatic carbocycles. The van der Waals surface area contributed by atoms with Gasteiger partial charge in [0, 0.05) is 17.7 Å². The first kappa shape index (κ1) is 15.0. The van der Waals surface area contributed by atoms with Crippen molar-refractivity contribution >= 4 is 11.7 Å². The van der Waals surface area contributed by atoms with Gasteiger partial charge < -0.3 is 21.0 Å². The Labute approximate surface area is 112 Å². The Bertz CT molecular complexity index is 441. The van der Waals surface area contributed by atoms with E-state index >= 15 is 0 Å². The highest BCUT2D eigenvalue weighted by Crippen LogP contribution is 2.04. The van der Waals surface area contributed by atoms with Crippen LogP contribution in [0, 0.1) is 0 Å².